The van der Waals surface area contributed by atoms with E-state index in [1.165, 1.54) is 0 Å². The van der Waals surface area contributed by atoms with Crippen LogP contribution in [0.2, 0.25) is 0 Å². The number of rotatable bonds is 5. The van der Waals surface area contributed by atoms with Gasteiger partial charge in [0, 0.05) is 24.5 Å². The van der Waals surface area contributed by atoms with Gasteiger partial charge in [0.25, 0.3) is 0 Å². The smallest absolute Gasteiger partial charge is 0.317 e. The topological polar surface area (TPSA) is 66.5 Å². The molecule has 1 heterocycles. The average molecular weight is 338 g/mol. The van der Waals surface area contributed by atoms with Crippen molar-refractivity contribution >= 4 is 15.9 Å². The fraction of sp³-hybridized carbons (Fsp3) is 0.588. The second-order valence-electron chi connectivity index (χ2n) is 6.75. The minimum absolute atomic E-state index is 0.0797. The highest BCUT2D eigenvalue weighted by atomic mass is 32.2. The zero-order valence-electron chi connectivity index (χ0n) is 14.1. The van der Waals surface area contributed by atoms with Crippen LogP contribution in [0.1, 0.15) is 32.8 Å². The van der Waals surface area contributed by atoms with Crippen LogP contribution in [0.15, 0.2) is 30.3 Å². The zero-order chi connectivity index (χ0) is 17.1. The monoisotopic (exact) mass is 338 g/mol. The number of nitrogens with one attached hydrogen (secondary N) is 1. The molecule has 23 heavy (non-hydrogen) atoms. The van der Waals surface area contributed by atoms with E-state index in [2.05, 4.69) is 19.2 Å². The van der Waals surface area contributed by atoms with Crippen molar-refractivity contribution in [3.05, 3.63) is 35.9 Å². The molecule has 1 aliphatic heterocycles. The average Bonchev–Trinajstić information content (AvgIpc) is 2.87. The van der Waals surface area contributed by atoms with Crippen molar-refractivity contribution in [2.45, 2.75) is 38.6 Å². The van der Waals surface area contributed by atoms with E-state index in [9.17, 15) is 13.2 Å². The zero-order valence-corrected chi connectivity index (χ0v) is 14.9. The Morgan fingerprint density at radius 2 is 1.96 bits per heavy atom. The Labute approximate surface area is 139 Å². The van der Waals surface area contributed by atoms with E-state index in [-0.39, 0.29) is 29.0 Å². The van der Waals surface area contributed by atoms with Gasteiger partial charge in [0.05, 0.1) is 11.5 Å². The normalized spacial score (nSPS) is 20.2. The van der Waals surface area contributed by atoms with Gasteiger partial charge >= 0.3 is 6.03 Å². The van der Waals surface area contributed by atoms with Gasteiger partial charge in [-0.1, -0.05) is 44.2 Å². The summed E-state index contributed by atoms with van der Waals surface area (Å²) < 4.78 is 23.3. The fourth-order valence-corrected chi connectivity index (χ4v) is 4.71. The maximum atomic E-state index is 12.5. The molecule has 1 aromatic carbocycles. The lowest BCUT2D eigenvalue weighted by Crippen LogP contribution is -2.49. The Kier molecular flexibility index (Phi) is 5.34. The molecule has 0 aliphatic carbocycles. The second-order valence-corrected chi connectivity index (χ2v) is 8.98. The third kappa shape index (κ3) is 4.47. The van der Waals surface area contributed by atoms with E-state index in [1.807, 2.05) is 37.3 Å². The van der Waals surface area contributed by atoms with E-state index in [0.717, 1.165) is 5.56 Å². The minimum Gasteiger partial charge on any atom is -0.337 e. The summed E-state index contributed by atoms with van der Waals surface area (Å²) >= 11 is 0. The Bertz CT molecular complexity index is 641. The van der Waals surface area contributed by atoms with Crippen molar-refractivity contribution in [1.29, 1.82) is 0 Å². The summed E-state index contributed by atoms with van der Waals surface area (Å²) in [4.78, 5) is 14.1. The van der Waals surface area contributed by atoms with Crippen LogP contribution in [0, 0.1) is 0 Å². The Hall–Kier alpha value is -1.56. The molecule has 1 atom stereocenters. The van der Waals surface area contributed by atoms with Crippen molar-refractivity contribution in [1.82, 2.24) is 10.2 Å². The van der Waals surface area contributed by atoms with Crippen LogP contribution in [0.3, 0.4) is 0 Å². The predicted octanol–water partition coefficient (Wildman–Crippen LogP) is 2.18. The Morgan fingerprint density at radius 3 is 2.48 bits per heavy atom. The summed E-state index contributed by atoms with van der Waals surface area (Å²) in [5, 5.41) is 2.97. The lowest BCUT2D eigenvalue weighted by Gasteiger charge is -2.30. The van der Waals surface area contributed by atoms with Crippen molar-refractivity contribution in [3.63, 3.8) is 0 Å². The van der Waals surface area contributed by atoms with Gasteiger partial charge in [0.2, 0.25) is 0 Å². The Balaban J connectivity index is 1.98. The van der Waals surface area contributed by atoms with Gasteiger partial charge in [-0.2, -0.15) is 0 Å². The first-order valence-electron chi connectivity index (χ1n) is 8.05. The molecule has 2 rings (SSSR count). The van der Waals surface area contributed by atoms with Gasteiger partial charge in [0.15, 0.2) is 9.84 Å². The van der Waals surface area contributed by atoms with Crippen LogP contribution in [0.25, 0.3) is 0 Å². The summed E-state index contributed by atoms with van der Waals surface area (Å²) in [5.41, 5.74) is 0.977. The molecule has 5 nitrogen and oxygen atoms in total. The van der Waals surface area contributed by atoms with Crippen molar-refractivity contribution in [2.75, 3.05) is 24.6 Å². The van der Waals surface area contributed by atoms with Crippen molar-refractivity contribution in [2.24, 2.45) is 0 Å². The molecule has 2 amide bonds. The third-order valence-corrected chi connectivity index (χ3v) is 6.24. The largest absolute Gasteiger partial charge is 0.337 e. The first-order chi connectivity index (χ1) is 10.7. The lowest BCUT2D eigenvalue weighted by molar-refractivity contribution is 0.181. The summed E-state index contributed by atoms with van der Waals surface area (Å²) in [7, 11) is -2.99. The first kappa shape index (κ1) is 17.8. The van der Waals surface area contributed by atoms with Gasteiger partial charge in [-0.3, -0.25) is 0 Å². The minimum atomic E-state index is -2.99. The lowest BCUT2D eigenvalue weighted by atomic mass is 9.85. The summed E-state index contributed by atoms with van der Waals surface area (Å²) in [6.45, 7) is 7.06. The standard InChI is InChI=1S/C17H26N2O3S/c1-4-19(15-10-11-23(21,22)12-15)16(20)18-13-17(2,3)14-8-6-5-7-9-14/h5-9,15H,4,10-13H2,1-3H3,(H,18,20). The number of sulfone groups is 1. The van der Waals surface area contributed by atoms with E-state index < -0.39 is 9.84 Å². The molecule has 1 aliphatic rings. The first-order valence-corrected chi connectivity index (χ1v) is 9.88. The molecule has 0 aromatic heterocycles. The fourth-order valence-electron chi connectivity index (χ4n) is 2.98. The van der Waals surface area contributed by atoms with E-state index in [4.69, 9.17) is 0 Å². The molecule has 0 bridgehead atoms. The molecule has 1 N–H and O–H groups in total. The maximum absolute atomic E-state index is 12.5. The molecule has 128 valence electrons. The van der Waals surface area contributed by atoms with Crippen LogP contribution in [0.5, 0.6) is 0 Å². The highest BCUT2D eigenvalue weighted by molar-refractivity contribution is 7.91. The quantitative estimate of drug-likeness (QED) is 0.895. The summed E-state index contributed by atoms with van der Waals surface area (Å²) in [6, 6.07) is 9.66. The predicted molar refractivity (Wildman–Crippen MR) is 92.3 cm³/mol. The number of benzene rings is 1. The number of urea groups is 1. The van der Waals surface area contributed by atoms with Crippen LogP contribution >= 0.6 is 0 Å². The number of nitrogens with zero attached hydrogens (tertiary/aromatic N) is 1. The van der Waals surface area contributed by atoms with Crippen LogP contribution in [-0.2, 0) is 15.3 Å². The number of carbonyl (C=O) groups excluding carboxylic acids is 1. The van der Waals surface area contributed by atoms with E-state index >= 15 is 0 Å². The molecular formula is C17H26N2O3S. The Morgan fingerprint density at radius 1 is 1.30 bits per heavy atom. The maximum Gasteiger partial charge on any atom is 0.317 e. The molecule has 6 heteroatoms. The summed E-state index contributed by atoms with van der Waals surface area (Å²) in [5.74, 6) is 0.257. The molecule has 0 spiro atoms. The van der Waals surface area contributed by atoms with E-state index in [0.29, 0.717) is 19.5 Å². The van der Waals surface area contributed by atoms with Crippen LogP contribution < -0.4 is 5.32 Å². The number of amides is 2. The molecule has 1 unspecified atom stereocenters. The van der Waals surface area contributed by atoms with Crippen molar-refractivity contribution in [3.8, 4) is 0 Å². The molecular weight excluding hydrogens is 312 g/mol. The van der Waals surface area contributed by atoms with Crippen LogP contribution in [-0.4, -0.2) is 50.0 Å². The SMILES string of the molecule is CCN(C(=O)NCC(C)(C)c1ccccc1)C1CCS(=O)(=O)C1. The third-order valence-electron chi connectivity index (χ3n) is 4.49. The molecule has 1 fully saturated rings. The highest BCUT2D eigenvalue weighted by Gasteiger charge is 2.34. The number of carbonyl (C=O) groups is 1. The molecule has 1 aromatic rings. The van der Waals surface area contributed by atoms with Gasteiger partial charge in [0.1, 0.15) is 0 Å². The van der Waals surface area contributed by atoms with Crippen LogP contribution in [0.4, 0.5) is 4.79 Å². The van der Waals surface area contributed by atoms with Crippen molar-refractivity contribution < 1.29 is 13.2 Å². The van der Waals surface area contributed by atoms with E-state index in [1.54, 1.807) is 4.90 Å². The van der Waals surface area contributed by atoms with Gasteiger partial charge in [-0.25, -0.2) is 13.2 Å². The van der Waals surface area contributed by atoms with Gasteiger partial charge < -0.3 is 10.2 Å². The second kappa shape index (κ2) is 6.91. The molecule has 0 radical (unpaired) electrons. The van der Waals surface area contributed by atoms with Gasteiger partial charge in [-0.05, 0) is 18.9 Å². The molecule has 0 saturated carbocycles. The molecule has 1 saturated heterocycles. The highest BCUT2D eigenvalue weighted by Crippen LogP contribution is 2.22. The summed E-state index contributed by atoms with van der Waals surface area (Å²) in [6.07, 6.45) is 0.533. The number of hydrogen-bond acceptors (Lipinski definition) is 3. The number of hydrogen-bond donors (Lipinski definition) is 1. The van der Waals surface area contributed by atoms with Gasteiger partial charge in [-0.15, -0.1) is 0 Å².